The number of hydrogen-bond acceptors (Lipinski definition) is 6. The van der Waals surface area contributed by atoms with Crippen LogP contribution in [0.2, 0.25) is 0 Å². The zero-order valence-electron chi connectivity index (χ0n) is 14.1. The predicted molar refractivity (Wildman–Crippen MR) is 83.1 cm³/mol. The third-order valence-corrected chi connectivity index (χ3v) is 1.69. The molecule has 7 heteroatoms. The van der Waals surface area contributed by atoms with Crippen LogP contribution in [0.1, 0.15) is 41.5 Å². The Morgan fingerprint density at radius 3 is 1.95 bits per heavy atom. The summed E-state index contributed by atoms with van der Waals surface area (Å²) >= 11 is 0. The summed E-state index contributed by atoms with van der Waals surface area (Å²) in [6, 6.07) is 0. The molecule has 0 saturated heterocycles. The van der Waals surface area contributed by atoms with Crippen molar-refractivity contribution < 1.29 is 19.1 Å². The molecular weight excluding hydrogens is 274 g/mol. The van der Waals surface area contributed by atoms with E-state index < -0.39 is 5.60 Å². The lowest BCUT2D eigenvalue weighted by Gasteiger charge is -2.19. The molecule has 0 atom stereocenters. The molecule has 0 radical (unpaired) electrons. The van der Waals surface area contributed by atoms with Crippen LogP contribution >= 0.6 is 0 Å². The van der Waals surface area contributed by atoms with E-state index in [0.29, 0.717) is 26.1 Å². The van der Waals surface area contributed by atoms with Crippen LogP contribution in [0, 0.1) is 0 Å². The molecule has 0 aliphatic carbocycles. The zero-order chi connectivity index (χ0) is 16.9. The van der Waals surface area contributed by atoms with Crippen LogP contribution in [-0.2, 0) is 14.3 Å². The standard InChI is InChI=1S/C9H21N3O2.C5H10O2/c1-9(2,3)14-8(13)12-7-6-11-5-4-10;1-5(2,3)7-4-6/h11H,4-7,10H2,1-3H3,(H,12,13);4H,1-3H3. The maximum Gasteiger partial charge on any atom is 0.407 e. The number of carbonyl (C=O) groups is 2. The number of hydrogen-bond donors (Lipinski definition) is 3. The number of nitrogens with two attached hydrogens (primary N) is 1. The van der Waals surface area contributed by atoms with Gasteiger partial charge < -0.3 is 25.8 Å². The largest absolute Gasteiger partial charge is 0.462 e. The van der Waals surface area contributed by atoms with Gasteiger partial charge >= 0.3 is 6.09 Å². The summed E-state index contributed by atoms with van der Waals surface area (Å²) in [5, 5.41) is 5.69. The Labute approximate surface area is 127 Å². The average molecular weight is 305 g/mol. The van der Waals surface area contributed by atoms with Gasteiger partial charge in [-0.15, -0.1) is 0 Å². The molecule has 0 aliphatic rings. The summed E-state index contributed by atoms with van der Waals surface area (Å²) in [7, 11) is 0. The summed E-state index contributed by atoms with van der Waals surface area (Å²) in [5.41, 5.74) is 4.53. The molecule has 0 heterocycles. The normalized spacial score (nSPS) is 11.0. The second kappa shape index (κ2) is 11.3. The van der Waals surface area contributed by atoms with Gasteiger partial charge in [-0.25, -0.2) is 4.79 Å². The van der Waals surface area contributed by atoms with Gasteiger partial charge in [0, 0.05) is 26.2 Å². The van der Waals surface area contributed by atoms with Crippen molar-refractivity contribution in [2.75, 3.05) is 26.2 Å². The number of amides is 1. The topological polar surface area (TPSA) is 103 Å². The highest BCUT2D eigenvalue weighted by Crippen LogP contribution is 2.05. The third kappa shape index (κ3) is 24.1. The quantitative estimate of drug-likeness (QED) is 0.500. The van der Waals surface area contributed by atoms with Crippen molar-refractivity contribution in [3.05, 3.63) is 0 Å². The van der Waals surface area contributed by atoms with E-state index in [0.717, 1.165) is 6.54 Å². The molecule has 4 N–H and O–H groups in total. The van der Waals surface area contributed by atoms with Crippen molar-refractivity contribution in [1.29, 1.82) is 0 Å². The van der Waals surface area contributed by atoms with Crippen LogP contribution in [0.3, 0.4) is 0 Å². The molecule has 0 aromatic carbocycles. The van der Waals surface area contributed by atoms with E-state index in [9.17, 15) is 9.59 Å². The van der Waals surface area contributed by atoms with Crippen molar-refractivity contribution in [1.82, 2.24) is 10.6 Å². The molecule has 0 aromatic heterocycles. The van der Waals surface area contributed by atoms with E-state index in [4.69, 9.17) is 10.5 Å². The van der Waals surface area contributed by atoms with Gasteiger partial charge in [-0.1, -0.05) is 0 Å². The Hall–Kier alpha value is -1.34. The zero-order valence-corrected chi connectivity index (χ0v) is 14.1. The van der Waals surface area contributed by atoms with Crippen LogP contribution in [0.4, 0.5) is 4.79 Å². The van der Waals surface area contributed by atoms with E-state index in [1.165, 1.54) is 0 Å². The van der Waals surface area contributed by atoms with E-state index in [1.54, 1.807) is 0 Å². The Morgan fingerprint density at radius 2 is 1.62 bits per heavy atom. The van der Waals surface area contributed by atoms with E-state index >= 15 is 0 Å². The minimum absolute atomic E-state index is 0.318. The maximum absolute atomic E-state index is 11.1. The van der Waals surface area contributed by atoms with Crippen LogP contribution in [-0.4, -0.2) is 49.9 Å². The first kappa shape index (κ1) is 21.9. The minimum atomic E-state index is -0.436. The molecule has 0 saturated carbocycles. The molecule has 1 amide bonds. The molecule has 21 heavy (non-hydrogen) atoms. The summed E-state index contributed by atoms with van der Waals surface area (Å²) in [5.74, 6) is 0. The van der Waals surface area contributed by atoms with Gasteiger partial charge in [0.05, 0.1) is 0 Å². The molecule has 0 rings (SSSR count). The predicted octanol–water partition coefficient (Wildman–Crippen LogP) is 1.02. The highest BCUT2D eigenvalue weighted by atomic mass is 16.6. The number of ether oxygens (including phenoxy) is 2. The summed E-state index contributed by atoms with van der Waals surface area (Å²) in [6.45, 7) is 14.0. The smallest absolute Gasteiger partial charge is 0.407 e. The fourth-order valence-corrected chi connectivity index (χ4v) is 0.939. The Kier molecular flexibility index (Phi) is 11.8. The highest BCUT2D eigenvalue weighted by Gasteiger charge is 2.15. The first-order valence-corrected chi connectivity index (χ1v) is 7.01. The third-order valence-electron chi connectivity index (χ3n) is 1.69. The lowest BCUT2D eigenvalue weighted by atomic mass is 10.2. The monoisotopic (exact) mass is 305 g/mol. The molecule has 0 aromatic rings. The summed E-state index contributed by atoms with van der Waals surface area (Å²) in [6.07, 6.45) is -0.382. The highest BCUT2D eigenvalue weighted by molar-refractivity contribution is 5.67. The molecular formula is C14H31N3O4. The molecule has 0 aliphatic heterocycles. The number of carbonyl (C=O) groups excluding carboxylic acids is 2. The summed E-state index contributed by atoms with van der Waals surface area (Å²) < 4.78 is 9.59. The van der Waals surface area contributed by atoms with Crippen LogP contribution in [0.25, 0.3) is 0 Å². The molecule has 126 valence electrons. The fourth-order valence-electron chi connectivity index (χ4n) is 0.939. The number of nitrogens with one attached hydrogen (secondary N) is 2. The SMILES string of the molecule is CC(C)(C)OC(=O)NCCNCCN.CC(C)(C)OC=O. The van der Waals surface area contributed by atoms with Crippen molar-refractivity contribution in [3.8, 4) is 0 Å². The Balaban J connectivity index is 0. The lowest BCUT2D eigenvalue weighted by Crippen LogP contribution is -2.37. The van der Waals surface area contributed by atoms with Gasteiger partial charge in [0.15, 0.2) is 0 Å². The van der Waals surface area contributed by atoms with E-state index in [-0.39, 0.29) is 11.7 Å². The molecule has 0 unspecified atom stereocenters. The van der Waals surface area contributed by atoms with Crippen molar-refractivity contribution in [2.24, 2.45) is 5.73 Å². The van der Waals surface area contributed by atoms with Crippen molar-refractivity contribution >= 4 is 12.6 Å². The van der Waals surface area contributed by atoms with Gasteiger partial charge in [-0.05, 0) is 41.5 Å². The van der Waals surface area contributed by atoms with Crippen LogP contribution in [0.5, 0.6) is 0 Å². The fraction of sp³-hybridized carbons (Fsp3) is 0.857. The van der Waals surface area contributed by atoms with Gasteiger partial charge in [0.1, 0.15) is 11.2 Å². The molecule has 0 fully saturated rings. The second-order valence-corrected chi connectivity index (χ2v) is 6.29. The molecule has 7 nitrogen and oxygen atoms in total. The Morgan fingerprint density at radius 1 is 1.05 bits per heavy atom. The number of rotatable bonds is 6. The van der Waals surface area contributed by atoms with E-state index in [2.05, 4.69) is 15.4 Å². The maximum atomic E-state index is 11.1. The van der Waals surface area contributed by atoms with Gasteiger partial charge in [-0.2, -0.15) is 0 Å². The summed E-state index contributed by atoms with van der Waals surface area (Å²) in [4.78, 5) is 20.7. The molecule has 0 spiro atoms. The van der Waals surface area contributed by atoms with Gasteiger partial charge in [0.25, 0.3) is 6.47 Å². The first-order valence-electron chi connectivity index (χ1n) is 7.01. The van der Waals surface area contributed by atoms with Gasteiger partial charge in [-0.3, -0.25) is 4.79 Å². The van der Waals surface area contributed by atoms with Crippen LogP contribution in [0.15, 0.2) is 0 Å². The number of alkyl carbamates (subject to hydrolysis) is 1. The van der Waals surface area contributed by atoms with Crippen molar-refractivity contribution in [3.63, 3.8) is 0 Å². The lowest BCUT2D eigenvalue weighted by molar-refractivity contribution is -0.138. The van der Waals surface area contributed by atoms with Crippen molar-refractivity contribution in [2.45, 2.75) is 52.7 Å². The van der Waals surface area contributed by atoms with E-state index in [1.807, 2.05) is 41.5 Å². The molecule has 0 bridgehead atoms. The average Bonchev–Trinajstić information content (AvgIpc) is 2.25. The second-order valence-electron chi connectivity index (χ2n) is 6.29. The van der Waals surface area contributed by atoms with Crippen LogP contribution < -0.4 is 16.4 Å². The first-order chi connectivity index (χ1) is 9.52. The Bertz CT molecular complexity index is 283. The minimum Gasteiger partial charge on any atom is -0.462 e. The van der Waals surface area contributed by atoms with Gasteiger partial charge in [0.2, 0.25) is 0 Å².